The van der Waals surface area contributed by atoms with E-state index in [1.165, 1.54) is 4.90 Å². The minimum absolute atomic E-state index is 0.0299. The van der Waals surface area contributed by atoms with Crippen molar-refractivity contribution in [1.82, 2.24) is 14.5 Å². The van der Waals surface area contributed by atoms with E-state index in [9.17, 15) is 4.79 Å². The van der Waals surface area contributed by atoms with Crippen molar-refractivity contribution in [3.05, 3.63) is 18.2 Å². The smallest absolute Gasteiger partial charge is 0.273 e. The molecule has 1 aromatic rings. The van der Waals surface area contributed by atoms with Crippen LogP contribution in [-0.2, 0) is 5.54 Å². The molecule has 4 nitrogen and oxygen atoms in total. The van der Waals surface area contributed by atoms with Crippen molar-refractivity contribution in [2.24, 2.45) is 0 Å². The largest absolute Gasteiger partial charge is 0.343 e. The Bertz CT molecular complexity index is 333. The molecule has 0 aliphatic carbocycles. The maximum atomic E-state index is 11.5. The van der Waals surface area contributed by atoms with Crippen LogP contribution in [-0.4, -0.2) is 34.5 Å². The first kappa shape index (κ1) is 10.8. The van der Waals surface area contributed by atoms with Crippen LogP contribution in [0.4, 0.5) is 0 Å². The Morgan fingerprint density at radius 3 is 2.36 bits per heavy atom. The molecule has 0 unspecified atom stereocenters. The van der Waals surface area contributed by atoms with Crippen LogP contribution >= 0.6 is 0 Å². The monoisotopic (exact) mass is 195 g/mol. The highest BCUT2D eigenvalue weighted by atomic mass is 16.2. The number of nitrogens with zero attached hydrogens (tertiary/aromatic N) is 3. The first-order chi connectivity index (χ1) is 6.32. The van der Waals surface area contributed by atoms with Crippen molar-refractivity contribution in [2.75, 3.05) is 14.1 Å². The SMILES string of the molecule is CN(C)C(=O)c1cn(C(C)(C)C)cn1. The van der Waals surface area contributed by atoms with Crippen LogP contribution in [0, 0.1) is 0 Å². The third kappa shape index (κ3) is 2.13. The molecule has 0 aliphatic rings. The van der Waals surface area contributed by atoms with Gasteiger partial charge in [-0.3, -0.25) is 4.79 Å². The van der Waals surface area contributed by atoms with E-state index in [1.807, 2.05) is 4.57 Å². The Morgan fingerprint density at radius 1 is 1.43 bits per heavy atom. The van der Waals surface area contributed by atoms with E-state index in [4.69, 9.17) is 0 Å². The van der Waals surface area contributed by atoms with Crippen LogP contribution in [0.2, 0.25) is 0 Å². The van der Waals surface area contributed by atoms with E-state index in [0.29, 0.717) is 5.69 Å². The first-order valence-electron chi connectivity index (χ1n) is 4.58. The summed E-state index contributed by atoms with van der Waals surface area (Å²) in [6.45, 7) is 6.20. The van der Waals surface area contributed by atoms with Crippen molar-refractivity contribution in [3.8, 4) is 0 Å². The number of carbonyl (C=O) groups is 1. The molecule has 1 heterocycles. The summed E-state index contributed by atoms with van der Waals surface area (Å²) in [6.07, 6.45) is 3.47. The molecule has 0 atom stereocenters. The van der Waals surface area contributed by atoms with E-state index in [-0.39, 0.29) is 11.4 Å². The van der Waals surface area contributed by atoms with Crippen molar-refractivity contribution in [1.29, 1.82) is 0 Å². The standard InChI is InChI=1S/C10H17N3O/c1-10(2,3)13-6-8(11-7-13)9(14)12(4)5/h6-7H,1-5H3. The number of hydrogen-bond acceptors (Lipinski definition) is 2. The average molecular weight is 195 g/mol. The molecule has 0 saturated heterocycles. The Hall–Kier alpha value is -1.32. The highest BCUT2D eigenvalue weighted by molar-refractivity contribution is 5.91. The zero-order chi connectivity index (χ0) is 10.9. The minimum Gasteiger partial charge on any atom is -0.343 e. The molecule has 0 N–H and O–H groups in total. The molecule has 14 heavy (non-hydrogen) atoms. The zero-order valence-electron chi connectivity index (χ0n) is 9.40. The molecule has 4 heteroatoms. The van der Waals surface area contributed by atoms with Gasteiger partial charge in [0.15, 0.2) is 0 Å². The van der Waals surface area contributed by atoms with Gasteiger partial charge in [-0.1, -0.05) is 0 Å². The Labute approximate surface area is 84.5 Å². The topological polar surface area (TPSA) is 38.1 Å². The summed E-state index contributed by atoms with van der Waals surface area (Å²) in [7, 11) is 3.44. The van der Waals surface area contributed by atoms with Crippen LogP contribution in [0.1, 0.15) is 31.3 Å². The summed E-state index contributed by atoms with van der Waals surface area (Å²) in [6, 6.07) is 0. The van der Waals surface area contributed by atoms with Crippen LogP contribution in [0.15, 0.2) is 12.5 Å². The fourth-order valence-corrected chi connectivity index (χ4v) is 1.03. The van der Waals surface area contributed by atoms with E-state index in [0.717, 1.165) is 0 Å². The van der Waals surface area contributed by atoms with Crippen molar-refractivity contribution in [2.45, 2.75) is 26.3 Å². The van der Waals surface area contributed by atoms with Gasteiger partial charge in [-0.05, 0) is 20.8 Å². The van der Waals surface area contributed by atoms with E-state index < -0.39 is 0 Å². The van der Waals surface area contributed by atoms with E-state index >= 15 is 0 Å². The molecular weight excluding hydrogens is 178 g/mol. The summed E-state index contributed by atoms with van der Waals surface area (Å²) in [4.78, 5) is 17.1. The molecule has 0 aliphatic heterocycles. The minimum atomic E-state index is -0.0620. The van der Waals surface area contributed by atoms with Crippen LogP contribution in [0.3, 0.4) is 0 Å². The molecule has 78 valence electrons. The summed E-state index contributed by atoms with van der Waals surface area (Å²) in [5.74, 6) is -0.0620. The fraction of sp³-hybridized carbons (Fsp3) is 0.600. The highest BCUT2D eigenvalue weighted by Gasteiger charge is 2.17. The molecule has 0 fully saturated rings. The summed E-state index contributed by atoms with van der Waals surface area (Å²) in [5.41, 5.74) is 0.461. The maximum absolute atomic E-state index is 11.5. The Balaban J connectivity index is 2.95. The third-order valence-electron chi connectivity index (χ3n) is 1.98. The average Bonchev–Trinajstić information content (AvgIpc) is 2.49. The predicted molar refractivity (Wildman–Crippen MR) is 55.2 cm³/mol. The molecule has 1 amide bonds. The maximum Gasteiger partial charge on any atom is 0.273 e. The number of aromatic nitrogens is 2. The lowest BCUT2D eigenvalue weighted by atomic mass is 10.1. The number of imidazole rings is 1. The van der Waals surface area contributed by atoms with Gasteiger partial charge in [-0.2, -0.15) is 0 Å². The molecule has 0 radical (unpaired) electrons. The van der Waals surface area contributed by atoms with Crippen LogP contribution in [0.5, 0.6) is 0 Å². The molecular formula is C10H17N3O. The van der Waals surface area contributed by atoms with Crippen LogP contribution < -0.4 is 0 Å². The van der Waals surface area contributed by atoms with Crippen molar-refractivity contribution in [3.63, 3.8) is 0 Å². The van der Waals surface area contributed by atoms with Gasteiger partial charge < -0.3 is 9.47 Å². The van der Waals surface area contributed by atoms with Gasteiger partial charge >= 0.3 is 0 Å². The van der Waals surface area contributed by atoms with Gasteiger partial charge in [0.25, 0.3) is 5.91 Å². The number of amides is 1. The second kappa shape index (κ2) is 3.44. The normalized spacial score (nSPS) is 11.5. The second-order valence-corrected chi connectivity index (χ2v) is 4.54. The quantitative estimate of drug-likeness (QED) is 0.678. The van der Waals surface area contributed by atoms with Crippen molar-refractivity contribution < 1.29 is 4.79 Å². The van der Waals surface area contributed by atoms with E-state index in [1.54, 1.807) is 26.6 Å². The van der Waals surface area contributed by atoms with Gasteiger partial charge in [0.1, 0.15) is 5.69 Å². The van der Waals surface area contributed by atoms with Gasteiger partial charge in [-0.25, -0.2) is 4.98 Å². The van der Waals surface area contributed by atoms with Crippen LogP contribution in [0.25, 0.3) is 0 Å². The molecule has 0 bridgehead atoms. The van der Waals surface area contributed by atoms with Gasteiger partial charge in [0.2, 0.25) is 0 Å². The molecule has 1 aromatic heterocycles. The Morgan fingerprint density at radius 2 is 2.00 bits per heavy atom. The molecule has 0 saturated carbocycles. The van der Waals surface area contributed by atoms with Gasteiger partial charge in [0, 0.05) is 25.8 Å². The van der Waals surface area contributed by atoms with E-state index in [2.05, 4.69) is 25.8 Å². The summed E-state index contributed by atoms with van der Waals surface area (Å²) in [5, 5.41) is 0. The van der Waals surface area contributed by atoms with Gasteiger partial charge in [-0.15, -0.1) is 0 Å². The molecule has 1 rings (SSSR count). The molecule has 0 spiro atoms. The fourth-order valence-electron chi connectivity index (χ4n) is 1.03. The lowest BCUT2D eigenvalue weighted by Gasteiger charge is -2.19. The number of rotatable bonds is 1. The zero-order valence-corrected chi connectivity index (χ0v) is 9.40. The highest BCUT2D eigenvalue weighted by Crippen LogP contribution is 2.14. The third-order valence-corrected chi connectivity index (χ3v) is 1.98. The number of hydrogen-bond donors (Lipinski definition) is 0. The summed E-state index contributed by atoms with van der Waals surface area (Å²) < 4.78 is 1.93. The predicted octanol–water partition coefficient (Wildman–Crippen LogP) is 1.34. The lowest BCUT2D eigenvalue weighted by molar-refractivity contribution is 0.0822. The Kier molecular flexibility index (Phi) is 2.64. The number of carbonyl (C=O) groups excluding carboxylic acids is 1. The lowest BCUT2D eigenvalue weighted by Crippen LogP contribution is -2.23. The first-order valence-corrected chi connectivity index (χ1v) is 4.58. The second-order valence-electron chi connectivity index (χ2n) is 4.54. The van der Waals surface area contributed by atoms with Gasteiger partial charge in [0.05, 0.1) is 6.33 Å². The molecule has 0 aromatic carbocycles. The van der Waals surface area contributed by atoms with Crippen molar-refractivity contribution >= 4 is 5.91 Å². The summed E-state index contributed by atoms with van der Waals surface area (Å²) >= 11 is 0.